The number of carbonyl (C=O) groups is 4. The smallest absolute Gasteiger partial charge is 0.238 e. The molecule has 1 N–H and O–H groups in total. The Labute approximate surface area is 237 Å². The maximum atomic E-state index is 13.9. The number of ketones is 2. The molecule has 2 aromatic carbocycles. The number of phenolic OH excluding ortho intramolecular Hbond substituents is 1. The zero-order valence-electron chi connectivity index (χ0n) is 20.8. The van der Waals surface area contributed by atoms with Gasteiger partial charge in [-0.1, -0.05) is 35.4 Å². The van der Waals surface area contributed by atoms with Gasteiger partial charge in [0, 0.05) is 33.7 Å². The second-order valence-corrected chi connectivity index (χ2v) is 11.3. The molecule has 3 aliphatic carbocycles. The molecule has 7 nitrogen and oxygen atoms in total. The number of ether oxygens (including phenoxy) is 1. The Morgan fingerprint density at radius 2 is 1.79 bits per heavy atom. The van der Waals surface area contributed by atoms with Gasteiger partial charge in [-0.25, -0.2) is 0 Å². The minimum Gasteiger partial charge on any atom is -0.504 e. The summed E-state index contributed by atoms with van der Waals surface area (Å²) in [6.45, 7) is 2.13. The molecule has 4 aliphatic rings. The van der Waals surface area contributed by atoms with Gasteiger partial charge in [0.05, 0.1) is 28.6 Å². The van der Waals surface area contributed by atoms with Gasteiger partial charge < -0.3 is 9.84 Å². The fourth-order valence-corrected chi connectivity index (χ4v) is 7.02. The standard InChI is InChI=1S/C30H23BrClNO6/c1-2-39-23-5-3-4-17(28(23)36)24-16-10-11-18-25(19(16)12-20-26(24)22(34)13-21(31)27(20)35)30(38)33(29(18)37)15-8-6-14(32)7-9-15/h3-10,13,18-19,24-25,36H,2,11-12H2,1H3. The summed E-state index contributed by atoms with van der Waals surface area (Å²) in [5.41, 5.74) is 2.20. The highest BCUT2D eigenvalue weighted by atomic mass is 79.9. The Balaban J connectivity index is 1.50. The molecule has 1 aliphatic heterocycles. The number of hydrogen-bond donors (Lipinski definition) is 1. The summed E-state index contributed by atoms with van der Waals surface area (Å²) in [4.78, 5) is 55.4. The molecule has 1 fully saturated rings. The normalized spacial score (nSPS) is 26.2. The number of phenols is 1. The summed E-state index contributed by atoms with van der Waals surface area (Å²) in [6, 6.07) is 11.6. The fourth-order valence-electron chi connectivity index (χ4n) is 6.45. The van der Waals surface area contributed by atoms with Crippen LogP contribution in [-0.4, -0.2) is 35.1 Å². The van der Waals surface area contributed by atoms with Gasteiger partial charge in [0.25, 0.3) is 0 Å². The number of fused-ring (bicyclic) bond motifs is 3. The summed E-state index contributed by atoms with van der Waals surface area (Å²) >= 11 is 9.25. The largest absolute Gasteiger partial charge is 0.504 e. The van der Waals surface area contributed by atoms with Crippen molar-refractivity contribution >= 4 is 56.6 Å². The molecule has 1 heterocycles. The molecular formula is C30H23BrClNO6. The zero-order chi connectivity index (χ0) is 27.6. The highest BCUT2D eigenvalue weighted by Gasteiger charge is 2.57. The Bertz CT molecular complexity index is 1560. The Kier molecular flexibility index (Phi) is 6.35. The first-order valence-corrected chi connectivity index (χ1v) is 13.9. The molecule has 39 heavy (non-hydrogen) atoms. The van der Waals surface area contributed by atoms with E-state index in [0.717, 1.165) is 5.57 Å². The number of imide groups is 1. The van der Waals surface area contributed by atoms with Gasteiger partial charge in [-0.3, -0.25) is 24.1 Å². The quantitative estimate of drug-likeness (QED) is 0.283. The van der Waals surface area contributed by atoms with Gasteiger partial charge in [-0.2, -0.15) is 0 Å². The lowest BCUT2D eigenvalue weighted by atomic mass is 9.59. The van der Waals surface area contributed by atoms with E-state index in [-0.39, 0.29) is 45.8 Å². The van der Waals surface area contributed by atoms with Crippen LogP contribution in [0, 0.1) is 17.8 Å². The summed E-state index contributed by atoms with van der Waals surface area (Å²) in [6.07, 6.45) is 3.62. The summed E-state index contributed by atoms with van der Waals surface area (Å²) < 4.78 is 5.75. The lowest BCUT2D eigenvalue weighted by Gasteiger charge is -2.42. The number of anilines is 1. The van der Waals surface area contributed by atoms with E-state index in [1.54, 1.807) is 49.4 Å². The molecule has 0 aromatic heterocycles. The van der Waals surface area contributed by atoms with E-state index in [9.17, 15) is 24.3 Å². The molecule has 1 saturated heterocycles. The van der Waals surface area contributed by atoms with E-state index in [0.29, 0.717) is 40.4 Å². The third-order valence-electron chi connectivity index (χ3n) is 8.06. The lowest BCUT2D eigenvalue weighted by Crippen LogP contribution is -2.39. The molecular weight excluding hydrogens is 586 g/mol. The van der Waals surface area contributed by atoms with Crippen LogP contribution >= 0.6 is 27.5 Å². The van der Waals surface area contributed by atoms with Crippen LogP contribution in [0.5, 0.6) is 11.5 Å². The predicted molar refractivity (Wildman–Crippen MR) is 148 cm³/mol. The van der Waals surface area contributed by atoms with Gasteiger partial charge in [0.1, 0.15) is 0 Å². The fraction of sp³-hybridized carbons (Fsp3) is 0.267. The number of aromatic hydroxyl groups is 1. The Morgan fingerprint density at radius 1 is 1.05 bits per heavy atom. The highest BCUT2D eigenvalue weighted by molar-refractivity contribution is 9.12. The third-order valence-corrected chi connectivity index (χ3v) is 8.90. The predicted octanol–water partition coefficient (Wildman–Crippen LogP) is 5.41. The topological polar surface area (TPSA) is 101 Å². The molecule has 0 saturated carbocycles. The van der Waals surface area contributed by atoms with Crippen LogP contribution in [0.25, 0.3) is 0 Å². The van der Waals surface area contributed by atoms with Crippen molar-refractivity contribution in [1.82, 2.24) is 0 Å². The van der Waals surface area contributed by atoms with E-state index < -0.39 is 23.7 Å². The Hall–Kier alpha value is -3.49. The molecule has 0 radical (unpaired) electrons. The number of allylic oxidation sites excluding steroid dienone is 6. The molecule has 4 unspecified atom stereocenters. The first kappa shape index (κ1) is 25.8. The first-order valence-electron chi connectivity index (χ1n) is 12.7. The second-order valence-electron chi connectivity index (χ2n) is 10.0. The van der Waals surface area contributed by atoms with Crippen LogP contribution in [0.4, 0.5) is 5.69 Å². The number of amides is 2. The number of halogens is 2. The van der Waals surface area contributed by atoms with E-state index in [1.807, 2.05) is 6.08 Å². The minimum absolute atomic E-state index is 0.120. The Morgan fingerprint density at radius 3 is 2.51 bits per heavy atom. The number of para-hydroxylation sites is 1. The van der Waals surface area contributed by atoms with Crippen molar-refractivity contribution in [3.8, 4) is 11.5 Å². The molecule has 4 atom stereocenters. The van der Waals surface area contributed by atoms with Crippen LogP contribution < -0.4 is 9.64 Å². The van der Waals surface area contributed by atoms with Crippen molar-refractivity contribution in [3.05, 3.63) is 86.4 Å². The number of nitrogens with zero attached hydrogens (tertiary/aromatic N) is 1. The van der Waals surface area contributed by atoms with E-state index in [2.05, 4.69) is 15.9 Å². The number of benzene rings is 2. The van der Waals surface area contributed by atoms with Crippen molar-refractivity contribution in [2.24, 2.45) is 17.8 Å². The number of hydrogen-bond acceptors (Lipinski definition) is 6. The van der Waals surface area contributed by atoms with Crippen molar-refractivity contribution in [1.29, 1.82) is 0 Å². The van der Waals surface area contributed by atoms with E-state index in [4.69, 9.17) is 16.3 Å². The SMILES string of the molecule is CCOc1cccc(C2C3=CCC4C(=O)N(c5ccc(Cl)cc5)C(=O)C4C3CC3=C2C(=O)C=C(Br)C3=O)c1O. The molecule has 6 rings (SSSR count). The van der Waals surface area contributed by atoms with Gasteiger partial charge in [0.15, 0.2) is 23.1 Å². The van der Waals surface area contributed by atoms with Crippen LogP contribution in [0.2, 0.25) is 5.02 Å². The molecule has 9 heteroatoms. The first-order chi connectivity index (χ1) is 18.7. The second kappa shape index (κ2) is 9.61. The molecule has 2 amide bonds. The van der Waals surface area contributed by atoms with Crippen molar-refractivity contribution < 1.29 is 29.0 Å². The highest BCUT2D eigenvalue weighted by Crippen LogP contribution is 2.57. The van der Waals surface area contributed by atoms with Crippen LogP contribution in [0.15, 0.2) is 75.8 Å². The number of Topliss-reactive ketones (excluding diaryl/α,β-unsaturated/α-hetero) is 1. The van der Waals surface area contributed by atoms with E-state index >= 15 is 0 Å². The lowest BCUT2D eigenvalue weighted by molar-refractivity contribution is -0.123. The molecule has 0 bridgehead atoms. The van der Waals surface area contributed by atoms with Crippen molar-refractivity contribution in [2.75, 3.05) is 11.5 Å². The molecule has 198 valence electrons. The average Bonchev–Trinajstić information content (AvgIpc) is 3.18. The van der Waals surface area contributed by atoms with Crippen LogP contribution in [0.1, 0.15) is 31.2 Å². The van der Waals surface area contributed by atoms with E-state index in [1.165, 1.54) is 11.0 Å². The maximum absolute atomic E-state index is 13.9. The molecule has 2 aromatic rings. The summed E-state index contributed by atoms with van der Waals surface area (Å²) in [7, 11) is 0. The number of carbonyl (C=O) groups excluding carboxylic acids is 4. The molecule has 0 spiro atoms. The number of rotatable bonds is 4. The van der Waals surface area contributed by atoms with Gasteiger partial charge in [0.2, 0.25) is 11.8 Å². The van der Waals surface area contributed by atoms with Gasteiger partial charge >= 0.3 is 0 Å². The summed E-state index contributed by atoms with van der Waals surface area (Å²) in [5, 5.41) is 11.7. The summed E-state index contributed by atoms with van der Waals surface area (Å²) in [5.74, 6) is -3.74. The van der Waals surface area contributed by atoms with Crippen LogP contribution in [-0.2, 0) is 19.2 Å². The maximum Gasteiger partial charge on any atom is 0.238 e. The average molecular weight is 609 g/mol. The zero-order valence-corrected chi connectivity index (χ0v) is 23.2. The minimum atomic E-state index is -0.763. The van der Waals surface area contributed by atoms with Gasteiger partial charge in [-0.05, 0) is 71.9 Å². The third kappa shape index (κ3) is 3.92. The van der Waals surface area contributed by atoms with Crippen LogP contribution in [0.3, 0.4) is 0 Å². The van der Waals surface area contributed by atoms with Crippen molar-refractivity contribution in [2.45, 2.75) is 25.7 Å². The van der Waals surface area contributed by atoms with Gasteiger partial charge in [-0.15, -0.1) is 0 Å². The monoisotopic (exact) mass is 607 g/mol. The van der Waals surface area contributed by atoms with Crippen molar-refractivity contribution in [3.63, 3.8) is 0 Å².